The van der Waals surface area contributed by atoms with Gasteiger partial charge in [-0.15, -0.1) is 0 Å². The van der Waals surface area contributed by atoms with Gasteiger partial charge in [0.15, 0.2) is 6.10 Å². The minimum atomic E-state index is -4.41. The second-order valence-electron chi connectivity index (χ2n) is 23.8. The Labute approximate surface area is 529 Å². The van der Waals surface area contributed by atoms with Crippen molar-refractivity contribution in [2.24, 2.45) is 0 Å². The fraction of sp³-hybridized carbons (Fsp3) is 0.658. The molecule has 0 aromatic heterocycles. The van der Waals surface area contributed by atoms with Crippen molar-refractivity contribution in [3.63, 3.8) is 0 Å². The Hall–Kier alpha value is -4.11. The summed E-state index contributed by atoms with van der Waals surface area (Å²) in [5.41, 5.74) is 0. The van der Waals surface area contributed by atoms with Gasteiger partial charge in [-0.3, -0.25) is 18.6 Å². The summed E-state index contributed by atoms with van der Waals surface area (Å²) in [7, 11) is 1.44. The van der Waals surface area contributed by atoms with E-state index in [2.05, 4.69) is 160 Å². The number of quaternary nitrogens is 1. The van der Waals surface area contributed by atoms with Crippen LogP contribution in [-0.4, -0.2) is 74.9 Å². The Bertz CT molecular complexity index is 1960. The fourth-order valence-electron chi connectivity index (χ4n) is 9.14. The molecule has 0 heterocycles. The molecule has 0 aromatic rings. The average molecular weight is 1220 g/mol. The third-order valence-corrected chi connectivity index (χ3v) is 15.3. The van der Waals surface area contributed by atoms with Crippen molar-refractivity contribution < 1.29 is 42.1 Å². The summed E-state index contributed by atoms with van der Waals surface area (Å²) >= 11 is 0. The second-order valence-corrected chi connectivity index (χ2v) is 25.3. The smallest absolute Gasteiger partial charge is 0.462 e. The number of likely N-dealkylation sites (N-methyl/N-ethyl adjacent to an activating group) is 1. The molecule has 0 spiro atoms. The number of allylic oxidation sites excluding steroid dienone is 24. The van der Waals surface area contributed by atoms with Crippen LogP contribution in [0.2, 0.25) is 0 Å². The van der Waals surface area contributed by atoms with Gasteiger partial charge in [0.2, 0.25) is 0 Å². The maximum Gasteiger partial charge on any atom is 0.472 e. The van der Waals surface area contributed by atoms with Crippen molar-refractivity contribution in [3.8, 4) is 0 Å². The maximum atomic E-state index is 12.8. The highest BCUT2D eigenvalue weighted by atomic mass is 31.2. The molecule has 0 rings (SSSR count). The SMILES string of the molecule is CC/C=C\C/C=C\C/C=C\C/C=C\C/C=C\C/C=C\C/C=C\C/C=C\CCCCC(=O)OC(COC(=O)CCCCCCCCCCCCCCCCCCCCCCCC/C=C\C/C=C\C/C=C\C/C=C\CC)COP(=O)(O)OCC[N+](C)(C)C. The van der Waals surface area contributed by atoms with Crippen LogP contribution in [0.3, 0.4) is 0 Å². The molecule has 9 nitrogen and oxygen atoms in total. The summed E-state index contributed by atoms with van der Waals surface area (Å²) in [6, 6.07) is 0. The molecule has 2 atom stereocenters. The predicted octanol–water partition coefficient (Wildman–Crippen LogP) is 22.6. The van der Waals surface area contributed by atoms with Gasteiger partial charge in [-0.25, -0.2) is 4.57 Å². The third kappa shape index (κ3) is 69.0. The zero-order chi connectivity index (χ0) is 62.6. The van der Waals surface area contributed by atoms with Crippen molar-refractivity contribution >= 4 is 19.8 Å². The second kappa shape index (κ2) is 65.3. The molecule has 0 bridgehead atoms. The number of hydrogen-bond acceptors (Lipinski definition) is 7. The molecule has 0 saturated carbocycles. The van der Waals surface area contributed by atoms with Crippen LogP contribution in [0.4, 0.5) is 0 Å². The lowest BCUT2D eigenvalue weighted by molar-refractivity contribution is -0.870. The van der Waals surface area contributed by atoms with Gasteiger partial charge in [0, 0.05) is 12.8 Å². The van der Waals surface area contributed by atoms with E-state index in [4.69, 9.17) is 18.5 Å². The van der Waals surface area contributed by atoms with Gasteiger partial charge in [-0.2, -0.15) is 0 Å². The largest absolute Gasteiger partial charge is 0.472 e. The van der Waals surface area contributed by atoms with E-state index >= 15 is 0 Å². The zero-order valence-corrected chi connectivity index (χ0v) is 56.6. The number of nitrogens with zero attached hydrogens (tertiary/aromatic N) is 1. The van der Waals surface area contributed by atoms with Crippen molar-refractivity contribution in [1.29, 1.82) is 0 Å². The molecule has 0 aromatic carbocycles. The summed E-state index contributed by atoms with van der Waals surface area (Å²) in [5.74, 6) is -0.850. The van der Waals surface area contributed by atoms with Crippen LogP contribution in [0.1, 0.15) is 271 Å². The molecule has 1 N–H and O–H groups in total. The summed E-state index contributed by atoms with van der Waals surface area (Å²) in [5, 5.41) is 0. The van der Waals surface area contributed by atoms with E-state index in [9.17, 15) is 19.0 Å². The molecular weight excluding hydrogens is 1090 g/mol. The van der Waals surface area contributed by atoms with Gasteiger partial charge in [0.1, 0.15) is 19.8 Å². The molecular formula is C76H129NO8P+. The molecule has 10 heteroatoms. The van der Waals surface area contributed by atoms with Crippen molar-refractivity contribution in [2.75, 3.05) is 47.5 Å². The maximum absolute atomic E-state index is 12.8. The Morgan fingerprint density at radius 1 is 0.360 bits per heavy atom. The van der Waals surface area contributed by atoms with Gasteiger partial charge >= 0.3 is 19.8 Å². The van der Waals surface area contributed by atoms with E-state index in [1.54, 1.807) is 0 Å². The Kier molecular flexibility index (Phi) is 62.2. The number of phosphoric acid groups is 1. The molecule has 490 valence electrons. The number of rotatable bonds is 62. The highest BCUT2D eigenvalue weighted by Gasteiger charge is 2.27. The summed E-state index contributed by atoms with van der Waals surface area (Å²) < 4.78 is 34.6. The van der Waals surface area contributed by atoms with Crippen molar-refractivity contribution in [1.82, 2.24) is 0 Å². The Morgan fingerprint density at radius 2 is 0.628 bits per heavy atom. The number of ether oxygens (including phenoxy) is 2. The van der Waals surface area contributed by atoms with Crippen LogP contribution < -0.4 is 0 Å². The number of unbranched alkanes of at least 4 members (excludes halogenated alkanes) is 24. The van der Waals surface area contributed by atoms with E-state index in [1.165, 1.54) is 128 Å². The van der Waals surface area contributed by atoms with E-state index in [-0.39, 0.29) is 32.0 Å². The minimum Gasteiger partial charge on any atom is -0.462 e. The highest BCUT2D eigenvalue weighted by molar-refractivity contribution is 7.47. The standard InChI is InChI=1S/C76H128NO8P/c1-6-8-10-12-14-16-18-20-22-24-26-28-30-32-34-35-36-37-38-39-40-41-43-44-46-48-50-52-54-56-58-60-62-64-66-68-75(78)82-72-74(73-84-86(80,81)83-71-70-77(3,4)5)85-76(79)69-67-65-63-61-59-57-55-53-51-49-47-45-42-33-31-29-27-25-23-21-19-17-15-13-11-9-7-2/h8-11,14-17,20-23,26-29,33,42,47,49,53,55,59,61,74H,6-7,12-13,18-19,24-25,30-32,34-41,43-46,48,50-52,54,56-58,60,62-73H2,1-5H3/p+1/b10-8-,11-9-,16-14-,17-15-,22-20-,23-21-,28-26-,29-27-,42-33-,49-47-,55-53-,61-59-. The van der Waals surface area contributed by atoms with E-state index in [1.807, 2.05) is 21.1 Å². The quantitative estimate of drug-likeness (QED) is 0.0211. The van der Waals surface area contributed by atoms with E-state index in [0.717, 1.165) is 109 Å². The van der Waals surface area contributed by atoms with Crippen LogP contribution in [0.5, 0.6) is 0 Å². The summed E-state index contributed by atoms with van der Waals surface area (Å²) in [6.45, 7) is 4.16. The van der Waals surface area contributed by atoms with Crippen LogP contribution in [0, 0.1) is 0 Å². The number of hydrogen-bond donors (Lipinski definition) is 1. The van der Waals surface area contributed by atoms with Crippen LogP contribution >= 0.6 is 7.82 Å². The number of carbonyl (C=O) groups excluding carboxylic acids is 2. The zero-order valence-electron chi connectivity index (χ0n) is 55.7. The lowest BCUT2D eigenvalue weighted by Gasteiger charge is -2.24. The molecule has 86 heavy (non-hydrogen) atoms. The Morgan fingerprint density at radius 3 is 0.953 bits per heavy atom. The van der Waals surface area contributed by atoms with Crippen LogP contribution in [0.25, 0.3) is 0 Å². The summed E-state index contributed by atoms with van der Waals surface area (Å²) in [6.07, 6.45) is 96.8. The molecule has 0 saturated heterocycles. The Balaban J connectivity index is 4.11. The number of esters is 2. The lowest BCUT2D eigenvalue weighted by Crippen LogP contribution is -2.37. The predicted molar refractivity (Wildman–Crippen MR) is 371 cm³/mol. The highest BCUT2D eigenvalue weighted by Crippen LogP contribution is 2.43. The first-order chi connectivity index (χ1) is 42.0. The van der Waals surface area contributed by atoms with E-state index < -0.39 is 26.5 Å². The number of carbonyl (C=O) groups is 2. The first-order valence-electron chi connectivity index (χ1n) is 34.6. The summed E-state index contributed by atoms with van der Waals surface area (Å²) in [4.78, 5) is 35.8. The molecule has 0 fully saturated rings. The van der Waals surface area contributed by atoms with Crippen LogP contribution in [0.15, 0.2) is 146 Å². The first kappa shape index (κ1) is 81.9. The topological polar surface area (TPSA) is 108 Å². The molecule has 0 radical (unpaired) electrons. The van der Waals surface area contributed by atoms with Gasteiger partial charge in [-0.1, -0.05) is 288 Å². The number of phosphoric ester groups is 1. The molecule has 0 aliphatic carbocycles. The third-order valence-electron chi connectivity index (χ3n) is 14.4. The molecule has 0 amide bonds. The van der Waals surface area contributed by atoms with Crippen molar-refractivity contribution in [3.05, 3.63) is 146 Å². The lowest BCUT2D eigenvalue weighted by atomic mass is 10.0. The van der Waals surface area contributed by atoms with E-state index in [0.29, 0.717) is 17.4 Å². The van der Waals surface area contributed by atoms with Gasteiger partial charge < -0.3 is 18.9 Å². The molecule has 0 aliphatic rings. The fourth-order valence-corrected chi connectivity index (χ4v) is 9.88. The van der Waals surface area contributed by atoms with Gasteiger partial charge in [0.25, 0.3) is 0 Å². The molecule has 0 aliphatic heterocycles. The van der Waals surface area contributed by atoms with Crippen molar-refractivity contribution in [2.45, 2.75) is 277 Å². The monoisotopic (exact) mass is 1210 g/mol. The first-order valence-corrected chi connectivity index (χ1v) is 36.1. The normalized spacial score (nSPS) is 14.1. The van der Waals surface area contributed by atoms with Gasteiger partial charge in [0.05, 0.1) is 27.7 Å². The molecule has 2 unspecified atom stereocenters. The van der Waals surface area contributed by atoms with Gasteiger partial charge in [-0.05, 0) is 116 Å². The van der Waals surface area contributed by atoms with Crippen LogP contribution in [-0.2, 0) is 32.7 Å². The minimum absolute atomic E-state index is 0.0167. The average Bonchev–Trinajstić information content (AvgIpc) is 3.53.